The number of nitrogens with one attached hydrogen (secondary N) is 1. The maximum Gasteiger partial charge on any atom is 0.194 e. The van der Waals surface area contributed by atoms with Crippen LogP contribution >= 0.6 is 11.3 Å². The smallest absolute Gasteiger partial charge is 0.194 e. The van der Waals surface area contributed by atoms with Crippen LogP contribution in [-0.4, -0.2) is 37.0 Å². The number of hydrogen-bond donors (Lipinski definition) is 1. The molecule has 1 unspecified atom stereocenters. The minimum Gasteiger partial charge on any atom is -0.459 e. The van der Waals surface area contributed by atoms with Crippen molar-refractivity contribution in [2.75, 3.05) is 21.2 Å². The van der Waals surface area contributed by atoms with Crippen LogP contribution in [0.25, 0.3) is 11.0 Å². The highest BCUT2D eigenvalue weighted by molar-refractivity contribution is 7.09. The molecule has 27 heavy (non-hydrogen) atoms. The van der Waals surface area contributed by atoms with E-state index in [0.717, 1.165) is 39.0 Å². The third kappa shape index (κ3) is 4.31. The van der Waals surface area contributed by atoms with Gasteiger partial charge in [0.1, 0.15) is 22.5 Å². The third-order valence-corrected chi connectivity index (χ3v) is 5.65. The SMILES string of the molecule is CN=C(NCc1oc2ccccc2c1C)N(C)Cc1csc(C(C)OC)n1. The number of furan rings is 1. The number of aryl methyl sites for hydroxylation is 1. The number of fused-ring (bicyclic) bond motifs is 1. The van der Waals surface area contributed by atoms with E-state index in [2.05, 4.69) is 33.7 Å². The summed E-state index contributed by atoms with van der Waals surface area (Å²) in [6.07, 6.45) is 0.0163. The largest absolute Gasteiger partial charge is 0.459 e. The van der Waals surface area contributed by atoms with E-state index in [0.29, 0.717) is 13.1 Å². The summed E-state index contributed by atoms with van der Waals surface area (Å²) in [6.45, 7) is 5.35. The van der Waals surface area contributed by atoms with Gasteiger partial charge in [0.15, 0.2) is 5.96 Å². The van der Waals surface area contributed by atoms with Crippen LogP contribution in [0.5, 0.6) is 0 Å². The second kappa shape index (κ2) is 8.54. The van der Waals surface area contributed by atoms with E-state index in [1.165, 1.54) is 0 Å². The van der Waals surface area contributed by atoms with Gasteiger partial charge in [0.25, 0.3) is 0 Å². The van der Waals surface area contributed by atoms with Crippen molar-refractivity contribution in [3.8, 4) is 0 Å². The fraction of sp³-hybridized carbons (Fsp3) is 0.400. The molecular formula is C20H26N4O2S. The lowest BCUT2D eigenvalue weighted by Gasteiger charge is -2.21. The van der Waals surface area contributed by atoms with Gasteiger partial charge in [-0.15, -0.1) is 11.3 Å². The molecule has 2 heterocycles. The van der Waals surface area contributed by atoms with E-state index in [9.17, 15) is 0 Å². The summed E-state index contributed by atoms with van der Waals surface area (Å²) < 4.78 is 11.3. The molecule has 1 atom stereocenters. The number of aromatic nitrogens is 1. The Bertz CT molecular complexity index is 931. The van der Waals surface area contributed by atoms with Gasteiger partial charge in [-0.2, -0.15) is 0 Å². The average molecular weight is 387 g/mol. The predicted octanol–water partition coefficient (Wildman–Crippen LogP) is 4.11. The lowest BCUT2D eigenvalue weighted by molar-refractivity contribution is 0.119. The average Bonchev–Trinajstić information content (AvgIpc) is 3.27. The molecule has 0 fully saturated rings. The minimum atomic E-state index is 0.0163. The fourth-order valence-corrected chi connectivity index (χ4v) is 3.78. The third-order valence-electron chi connectivity index (χ3n) is 4.59. The summed E-state index contributed by atoms with van der Waals surface area (Å²) >= 11 is 1.62. The van der Waals surface area contributed by atoms with E-state index < -0.39 is 0 Å². The maximum atomic E-state index is 5.97. The molecule has 3 rings (SSSR count). The van der Waals surface area contributed by atoms with E-state index >= 15 is 0 Å². The molecule has 0 spiro atoms. The number of hydrogen-bond acceptors (Lipinski definition) is 5. The zero-order chi connectivity index (χ0) is 19.4. The number of rotatable bonds is 6. The van der Waals surface area contributed by atoms with Gasteiger partial charge in [-0.05, 0) is 19.9 Å². The Labute approximate surface area is 163 Å². The highest BCUT2D eigenvalue weighted by Crippen LogP contribution is 2.25. The first-order valence-electron chi connectivity index (χ1n) is 8.89. The highest BCUT2D eigenvalue weighted by atomic mass is 32.1. The van der Waals surface area contributed by atoms with Crippen molar-refractivity contribution >= 4 is 28.3 Å². The van der Waals surface area contributed by atoms with Gasteiger partial charge in [0.05, 0.1) is 18.8 Å². The van der Waals surface area contributed by atoms with Gasteiger partial charge in [0.2, 0.25) is 0 Å². The number of benzene rings is 1. The monoisotopic (exact) mass is 386 g/mol. The van der Waals surface area contributed by atoms with E-state index in [4.69, 9.17) is 9.15 Å². The van der Waals surface area contributed by atoms with Crippen LogP contribution in [0.3, 0.4) is 0 Å². The van der Waals surface area contributed by atoms with Crippen molar-refractivity contribution in [2.24, 2.45) is 4.99 Å². The summed E-state index contributed by atoms with van der Waals surface area (Å²) in [5.74, 6) is 1.72. The molecule has 0 aliphatic heterocycles. The fourth-order valence-electron chi connectivity index (χ4n) is 2.94. The predicted molar refractivity (Wildman–Crippen MR) is 110 cm³/mol. The Balaban J connectivity index is 1.64. The number of guanidine groups is 1. The van der Waals surface area contributed by atoms with Crippen LogP contribution in [0, 0.1) is 6.92 Å². The van der Waals surface area contributed by atoms with Crippen LogP contribution in [0.4, 0.5) is 0 Å². The van der Waals surface area contributed by atoms with E-state index in [1.54, 1.807) is 25.5 Å². The molecule has 0 saturated heterocycles. The molecular weight excluding hydrogens is 360 g/mol. The van der Waals surface area contributed by atoms with Crippen LogP contribution in [-0.2, 0) is 17.8 Å². The van der Waals surface area contributed by atoms with Crippen molar-refractivity contribution < 1.29 is 9.15 Å². The second-order valence-electron chi connectivity index (χ2n) is 6.46. The molecule has 0 radical (unpaired) electrons. The van der Waals surface area contributed by atoms with Crippen molar-refractivity contribution in [2.45, 2.75) is 33.0 Å². The molecule has 0 bridgehead atoms. The molecule has 0 aliphatic rings. The normalized spacial score (nSPS) is 13.1. The molecule has 1 N–H and O–H groups in total. The molecule has 2 aromatic heterocycles. The number of ether oxygens (including phenoxy) is 1. The van der Waals surface area contributed by atoms with Gasteiger partial charge < -0.3 is 19.4 Å². The van der Waals surface area contributed by atoms with Gasteiger partial charge in [0, 0.05) is 37.5 Å². The molecule has 7 heteroatoms. The van der Waals surface area contributed by atoms with Crippen molar-refractivity contribution in [3.05, 3.63) is 51.7 Å². The Morgan fingerprint density at radius 2 is 2.19 bits per heavy atom. The van der Waals surface area contributed by atoms with Crippen LogP contribution in [0.2, 0.25) is 0 Å². The van der Waals surface area contributed by atoms with Gasteiger partial charge in [-0.25, -0.2) is 4.98 Å². The summed E-state index contributed by atoms with van der Waals surface area (Å²) in [7, 11) is 5.48. The lowest BCUT2D eigenvalue weighted by Crippen LogP contribution is -2.38. The van der Waals surface area contributed by atoms with Gasteiger partial charge in [-0.3, -0.25) is 4.99 Å². The van der Waals surface area contributed by atoms with Crippen molar-refractivity contribution in [3.63, 3.8) is 0 Å². The van der Waals surface area contributed by atoms with Gasteiger partial charge >= 0.3 is 0 Å². The minimum absolute atomic E-state index is 0.0163. The molecule has 6 nitrogen and oxygen atoms in total. The number of thiazole rings is 1. The number of para-hydroxylation sites is 1. The zero-order valence-electron chi connectivity index (χ0n) is 16.4. The highest BCUT2D eigenvalue weighted by Gasteiger charge is 2.14. The van der Waals surface area contributed by atoms with E-state index in [1.807, 2.05) is 37.1 Å². The standard InChI is InChI=1S/C20H26N4O2S/c1-13-16-8-6-7-9-17(16)26-18(13)10-22-20(21-3)24(4)11-15-12-27-19(23-15)14(2)25-5/h6-9,12,14H,10-11H2,1-5H3,(H,21,22). The lowest BCUT2D eigenvalue weighted by atomic mass is 10.1. The van der Waals surface area contributed by atoms with Crippen LogP contribution in [0.15, 0.2) is 39.1 Å². The first-order chi connectivity index (χ1) is 13.0. The van der Waals surface area contributed by atoms with E-state index in [-0.39, 0.29) is 6.10 Å². The maximum absolute atomic E-state index is 5.97. The molecule has 0 amide bonds. The van der Waals surface area contributed by atoms with Crippen LogP contribution in [0.1, 0.15) is 35.1 Å². The van der Waals surface area contributed by atoms with Crippen molar-refractivity contribution in [1.82, 2.24) is 15.2 Å². The number of methoxy groups -OCH3 is 1. The number of aliphatic imine (C=N–C) groups is 1. The summed E-state index contributed by atoms with van der Waals surface area (Å²) in [6, 6.07) is 8.09. The Hall–Kier alpha value is -2.38. The Kier molecular flexibility index (Phi) is 6.13. The Morgan fingerprint density at radius 1 is 1.41 bits per heavy atom. The summed E-state index contributed by atoms with van der Waals surface area (Å²) in [5.41, 5.74) is 3.08. The number of nitrogens with zero attached hydrogens (tertiary/aromatic N) is 3. The summed E-state index contributed by atoms with van der Waals surface area (Å²) in [4.78, 5) is 11.1. The first-order valence-corrected chi connectivity index (χ1v) is 9.77. The quantitative estimate of drug-likeness (QED) is 0.510. The topological polar surface area (TPSA) is 62.9 Å². The Morgan fingerprint density at radius 3 is 2.89 bits per heavy atom. The molecule has 0 aliphatic carbocycles. The summed E-state index contributed by atoms with van der Waals surface area (Å²) in [5, 5.41) is 7.59. The molecule has 1 aromatic carbocycles. The molecule has 0 saturated carbocycles. The van der Waals surface area contributed by atoms with Crippen LogP contribution < -0.4 is 5.32 Å². The van der Waals surface area contributed by atoms with Crippen molar-refractivity contribution in [1.29, 1.82) is 0 Å². The second-order valence-corrected chi connectivity index (χ2v) is 7.35. The molecule has 3 aromatic rings. The first kappa shape index (κ1) is 19.4. The zero-order valence-corrected chi connectivity index (χ0v) is 17.3. The molecule has 144 valence electrons. The van der Waals surface area contributed by atoms with Gasteiger partial charge in [-0.1, -0.05) is 18.2 Å².